The molecule has 1 aromatic carbocycles. The van der Waals surface area contributed by atoms with Crippen LogP contribution in [-0.4, -0.2) is 30.1 Å². The van der Waals surface area contributed by atoms with Gasteiger partial charge in [0.2, 0.25) is 0 Å². The predicted molar refractivity (Wildman–Crippen MR) is 83.2 cm³/mol. The number of nitrogens with one attached hydrogen (secondary N) is 1. The molecule has 0 amide bonds. The van der Waals surface area contributed by atoms with Gasteiger partial charge in [-0.3, -0.25) is 4.90 Å². The molecule has 21 heavy (non-hydrogen) atoms. The minimum atomic E-state index is -0.186. The van der Waals surface area contributed by atoms with Crippen molar-refractivity contribution in [2.24, 2.45) is 5.92 Å². The van der Waals surface area contributed by atoms with E-state index in [2.05, 4.69) is 22.9 Å². The first-order valence-electron chi connectivity index (χ1n) is 7.51. The van der Waals surface area contributed by atoms with Crippen LogP contribution in [0.4, 0.5) is 0 Å². The molecule has 0 bridgehead atoms. The van der Waals surface area contributed by atoms with Crippen molar-refractivity contribution in [3.8, 4) is 11.8 Å². The van der Waals surface area contributed by atoms with Gasteiger partial charge in [0.15, 0.2) is 0 Å². The Morgan fingerprint density at radius 3 is 3.05 bits per heavy atom. The number of rotatable bonds is 3. The molecule has 2 unspecified atom stereocenters. The quantitative estimate of drug-likeness (QED) is 0.938. The van der Waals surface area contributed by atoms with E-state index in [-0.39, 0.29) is 6.04 Å². The smallest absolute Gasteiger partial charge is 0.125 e. The highest BCUT2D eigenvalue weighted by Gasteiger charge is 2.26. The van der Waals surface area contributed by atoms with Crippen molar-refractivity contribution in [2.45, 2.75) is 25.8 Å². The second-order valence-electron chi connectivity index (χ2n) is 5.93. The predicted octanol–water partition coefficient (Wildman–Crippen LogP) is 3.47. The molecule has 4 nitrogen and oxygen atoms in total. The van der Waals surface area contributed by atoms with E-state index in [0.717, 1.165) is 35.3 Å². The summed E-state index contributed by atoms with van der Waals surface area (Å²) in [6.07, 6.45) is 4.40. The number of nitrogens with zero attached hydrogens (tertiary/aromatic N) is 2. The van der Waals surface area contributed by atoms with Gasteiger partial charge in [0, 0.05) is 29.2 Å². The van der Waals surface area contributed by atoms with Crippen LogP contribution in [0, 0.1) is 17.2 Å². The Balaban J connectivity index is 1.99. The Kier molecular flexibility index (Phi) is 3.85. The number of nitriles is 1. The summed E-state index contributed by atoms with van der Waals surface area (Å²) in [7, 11) is 1.67. The van der Waals surface area contributed by atoms with Crippen molar-refractivity contribution >= 4 is 10.9 Å². The van der Waals surface area contributed by atoms with E-state index in [0.29, 0.717) is 5.92 Å². The summed E-state index contributed by atoms with van der Waals surface area (Å²) in [6, 6.07) is 8.26. The SMILES string of the molecule is COc1ccc2[nH]cc(C(C#N)N3CCCC(C)C3)c2c1. The summed E-state index contributed by atoms with van der Waals surface area (Å²) in [4.78, 5) is 5.57. The van der Waals surface area contributed by atoms with Gasteiger partial charge in [-0.05, 0) is 43.5 Å². The first-order chi connectivity index (χ1) is 10.2. The van der Waals surface area contributed by atoms with Crippen LogP contribution < -0.4 is 4.74 Å². The van der Waals surface area contributed by atoms with E-state index in [4.69, 9.17) is 4.74 Å². The lowest BCUT2D eigenvalue weighted by atomic mass is 9.96. The van der Waals surface area contributed by atoms with Crippen molar-refractivity contribution in [1.29, 1.82) is 5.26 Å². The standard InChI is InChI=1S/C17H21N3O/c1-12-4-3-7-20(11-12)17(9-18)15-10-19-16-6-5-13(21-2)8-14(15)16/h5-6,8,10,12,17,19H,3-4,7,11H2,1-2H3. The molecular formula is C17H21N3O. The Labute approximate surface area is 125 Å². The molecule has 0 saturated carbocycles. The van der Waals surface area contributed by atoms with Crippen LogP contribution in [0.5, 0.6) is 5.75 Å². The van der Waals surface area contributed by atoms with Gasteiger partial charge >= 0.3 is 0 Å². The molecule has 1 aliphatic rings. The third-order valence-electron chi connectivity index (χ3n) is 4.39. The fraction of sp³-hybridized carbons (Fsp3) is 0.471. The monoisotopic (exact) mass is 283 g/mol. The van der Waals surface area contributed by atoms with Crippen LogP contribution in [0.2, 0.25) is 0 Å². The van der Waals surface area contributed by atoms with Gasteiger partial charge in [-0.25, -0.2) is 0 Å². The van der Waals surface area contributed by atoms with E-state index in [1.54, 1.807) is 7.11 Å². The molecule has 1 N–H and O–H groups in total. The zero-order valence-electron chi connectivity index (χ0n) is 12.6. The van der Waals surface area contributed by atoms with Crippen LogP contribution in [0.25, 0.3) is 10.9 Å². The Morgan fingerprint density at radius 1 is 1.48 bits per heavy atom. The number of methoxy groups -OCH3 is 1. The van der Waals surface area contributed by atoms with Gasteiger partial charge in [-0.15, -0.1) is 0 Å². The maximum Gasteiger partial charge on any atom is 0.125 e. The second-order valence-corrected chi connectivity index (χ2v) is 5.93. The molecular weight excluding hydrogens is 262 g/mol. The molecule has 0 spiro atoms. The summed E-state index contributed by atoms with van der Waals surface area (Å²) in [5.41, 5.74) is 2.11. The van der Waals surface area contributed by atoms with Gasteiger partial charge < -0.3 is 9.72 Å². The summed E-state index contributed by atoms with van der Waals surface area (Å²) in [5.74, 6) is 1.49. The van der Waals surface area contributed by atoms with Crippen molar-refractivity contribution in [1.82, 2.24) is 9.88 Å². The normalized spacial score (nSPS) is 21.1. The molecule has 0 radical (unpaired) electrons. The van der Waals surface area contributed by atoms with Gasteiger partial charge in [-0.2, -0.15) is 5.26 Å². The largest absolute Gasteiger partial charge is 0.497 e. The molecule has 2 aromatic rings. The summed E-state index contributed by atoms with van der Waals surface area (Å²) in [5, 5.41) is 10.8. The topological polar surface area (TPSA) is 52.1 Å². The molecule has 110 valence electrons. The first-order valence-corrected chi connectivity index (χ1v) is 7.51. The summed E-state index contributed by atoms with van der Waals surface area (Å²) in [6.45, 7) is 4.26. The molecule has 0 aliphatic carbocycles. The van der Waals surface area contributed by atoms with Crippen LogP contribution in [0.1, 0.15) is 31.4 Å². The highest BCUT2D eigenvalue weighted by molar-refractivity contribution is 5.85. The molecule has 2 heterocycles. The molecule has 3 rings (SSSR count). The fourth-order valence-corrected chi connectivity index (χ4v) is 3.28. The Hall–Kier alpha value is -1.99. The average molecular weight is 283 g/mol. The number of H-pyrrole nitrogens is 1. The number of ether oxygens (including phenoxy) is 1. The summed E-state index contributed by atoms with van der Waals surface area (Å²) < 4.78 is 5.31. The number of aromatic nitrogens is 1. The number of piperidine rings is 1. The van der Waals surface area contributed by atoms with Gasteiger partial charge in [0.1, 0.15) is 11.8 Å². The lowest BCUT2D eigenvalue weighted by Crippen LogP contribution is -2.36. The first kappa shape index (κ1) is 14.0. The third-order valence-corrected chi connectivity index (χ3v) is 4.39. The van der Waals surface area contributed by atoms with Crippen molar-refractivity contribution in [3.05, 3.63) is 30.0 Å². The number of aromatic amines is 1. The van der Waals surface area contributed by atoms with E-state index in [9.17, 15) is 5.26 Å². The number of hydrogen-bond donors (Lipinski definition) is 1. The minimum Gasteiger partial charge on any atom is -0.497 e. The van der Waals surface area contributed by atoms with Crippen LogP contribution in [0.3, 0.4) is 0 Å². The van der Waals surface area contributed by atoms with E-state index in [1.807, 2.05) is 24.4 Å². The van der Waals surface area contributed by atoms with Crippen LogP contribution in [-0.2, 0) is 0 Å². The molecule has 1 aliphatic heterocycles. The van der Waals surface area contributed by atoms with Crippen molar-refractivity contribution in [3.63, 3.8) is 0 Å². The zero-order chi connectivity index (χ0) is 14.8. The van der Waals surface area contributed by atoms with Gasteiger partial charge in [0.25, 0.3) is 0 Å². The van der Waals surface area contributed by atoms with E-state index < -0.39 is 0 Å². The van der Waals surface area contributed by atoms with Crippen LogP contribution in [0.15, 0.2) is 24.4 Å². The van der Waals surface area contributed by atoms with Crippen molar-refractivity contribution in [2.75, 3.05) is 20.2 Å². The Bertz CT molecular complexity index is 670. The maximum atomic E-state index is 9.69. The lowest BCUT2D eigenvalue weighted by Gasteiger charge is -2.33. The van der Waals surface area contributed by atoms with E-state index in [1.165, 1.54) is 12.8 Å². The maximum absolute atomic E-state index is 9.69. The zero-order valence-corrected chi connectivity index (χ0v) is 12.6. The third kappa shape index (κ3) is 2.62. The number of benzene rings is 1. The van der Waals surface area contributed by atoms with Gasteiger partial charge in [-0.1, -0.05) is 6.92 Å². The fourth-order valence-electron chi connectivity index (χ4n) is 3.28. The molecule has 1 aromatic heterocycles. The van der Waals surface area contributed by atoms with Crippen molar-refractivity contribution < 1.29 is 4.74 Å². The Morgan fingerprint density at radius 2 is 2.33 bits per heavy atom. The number of fused-ring (bicyclic) bond motifs is 1. The minimum absolute atomic E-state index is 0.186. The molecule has 2 atom stereocenters. The molecule has 4 heteroatoms. The number of likely N-dealkylation sites (tertiary alicyclic amines) is 1. The van der Waals surface area contributed by atoms with Crippen LogP contribution >= 0.6 is 0 Å². The average Bonchev–Trinajstić information content (AvgIpc) is 2.91. The summed E-state index contributed by atoms with van der Waals surface area (Å²) >= 11 is 0. The molecule has 1 fully saturated rings. The molecule has 1 saturated heterocycles. The number of hydrogen-bond acceptors (Lipinski definition) is 3. The lowest BCUT2D eigenvalue weighted by molar-refractivity contribution is 0.157. The highest BCUT2D eigenvalue weighted by atomic mass is 16.5. The highest BCUT2D eigenvalue weighted by Crippen LogP contribution is 2.32. The van der Waals surface area contributed by atoms with E-state index >= 15 is 0 Å². The van der Waals surface area contributed by atoms with Gasteiger partial charge in [0.05, 0.1) is 13.2 Å². The second kappa shape index (κ2) is 5.79.